The van der Waals surface area contributed by atoms with E-state index in [2.05, 4.69) is 26.2 Å². The van der Waals surface area contributed by atoms with Crippen molar-refractivity contribution in [3.63, 3.8) is 0 Å². The zero-order chi connectivity index (χ0) is 17.8. The largest absolute Gasteiger partial charge is 0.452 e. The molecule has 126 valence electrons. The van der Waals surface area contributed by atoms with Crippen molar-refractivity contribution >= 4 is 44.4 Å². The number of ether oxygens (including phenoxy) is 1. The van der Waals surface area contributed by atoms with E-state index in [1.165, 1.54) is 0 Å². The summed E-state index contributed by atoms with van der Waals surface area (Å²) >= 11 is 3.33. The highest BCUT2D eigenvalue weighted by Gasteiger charge is 2.15. The fraction of sp³-hybridized carbons (Fsp3) is 0.105. The maximum absolute atomic E-state index is 12.4. The summed E-state index contributed by atoms with van der Waals surface area (Å²) in [6.45, 7) is 1.45. The first-order valence-corrected chi connectivity index (χ1v) is 8.41. The van der Waals surface area contributed by atoms with Crippen molar-refractivity contribution in [3.8, 4) is 0 Å². The summed E-state index contributed by atoms with van der Waals surface area (Å²) in [4.78, 5) is 28.7. The fourth-order valence-corrected chi connectivity index (χ4v) is 2.68. The Hall–Kier alpha value is -2.73. The zero-order valence-electron chi connectivity index (χ0n) is 13.5. The number of benzene rings is 2. The lowest BCUT2D eigenvalue weighted by atomic mass is 10.1. The lowest BCUT2D eigenvalue weighted by Gasteiger charge is -2.09. The average molecular weight is 399 g/mol. The lowest BCUT2D eigenvalue weighted by molar-refractivity contribution is -0.119. The summed E-state index contributed by atoms with van der Waals surface area (Å²) in [5.74, 6) is -0.946. The fourth-order valence-electron chi connectivity index (χ4n) is 2.42. The predicted molar refractivity (Wildman–Crippen MR) is 99.5 cm³/mol. The first kappa shape index (κ1) is 17.1. The number of aromatic nitrogens is 1. The third kappa shape index (κ3) is 4.22. The number of esters is 1. The maximum Gasteiger partial charge on any atom is 0.339 e. The van der Waals surface area contributed by atoms with Crippen molar-refractivity contribution in [1.29, 1.82) is 0 Å². The minimum Gasteiger partial charge on any atom is -0.452 e. The summed E-state index contributed by atoms with van der Waals surface area (Å²) in [7, 11) is 0. The third-order valence-corrected chi connectivity index (χ3v) is 4.06. The van der Waals surface area contributed by atoms with Gasteiger partial charge in [0.2, 0.25) is 0 Å². The number of carbonyl (C=O) groups is 2. The molecule has 1 N–H and O–H groups in total. The van der Waals surface area contributed by atoms with Gasteiger partial charge in [0.05, 0.1) is 11.1 Å². The van der Waals surface area contributed by atoms with Crippen LogP contribution in [-0.2, 0) is 9.53 Å². The summed E-state index contributed by atoms with van der Waals surface area (Å²) < 4.78 is 6.07. The van der Waals surface area contributed by atoms with Crippen molar-refractivity contribution in [1.82, 2.24) is 4.98 Å². The van der Waals surface area contributed by atoms with Gasteiger partial charge in [0.15, 0.2) is 6.61 Å². The van der Waals surface area contributed by atoms with Crippen LogP contribution in [0.4, 0.5) is 5.69 Å². The van der Waals surface area contributed by atoms with Crippen LogP contribution in [0, 0.1) is 6.92 Å². The van der Waals surface area contributed by atoms with E-state index in [4.69, 9.17) is 4.74 Å². The summed E-state index contributed by atoms with van der Waals surface area (Å²) in [6.07, 6.45) is 0. The van der Waals surface area contributed by atoms with Crippen molar-refractivity contribution in [2.45, 2.75) is 6.92 Å². The molecule has 3 aromatic rings. The highest BCUT2D eigenvalue weighted by Crippen LogP contribution is 2.19. The van der Waals surface area contributed by atoms with Crippen LogP contribution in [0.1, 0.15) is 16.1 Å². The second-order valence-electron chi connectivity index (χ2n) is 5.46. The van der Waals surface area contributed by atoms with Gasteiger partial charge in [-0.25, -0.2) is 4.79 Å². The molecule has 0 saturated carbocycles. The van der Waals surface area contributed by atoms with Gasteiger partial charge in [0.25, 0.3) is 5.91 Å². The second kappa shape index (κ2) is 7.44. The molecule has 25 heavy (non-hydrogen) atoms. The molecule has 2 aromatic carbocycles. The third-order valence-electron chi connectivity index (χ3n) is 3.53. The number of carbonyl (C=O) groups excluding carboxylic acids is 2. The molecule has 0 atom stereocenters. The van der Waals surface area contributed by atoms with Crippen LogP contribution < -0.4 is 5.32 Å². The molecule has 0 spiro atoms. The van der Waals surface area contributed by atoms with Gasteiger partial charge in [-0.05, 0) is 43.3 Å². The smallest absolute Gasteiger partial charge is 0.339 e. The maximum atomic E-state index is 12.4. The van der Waals surface area contributed by atoms with Gasteiger partial charge >= 0.3 is 5.97 Å². The number of rotatable bonds is 4. The normalized spacial score (nSPS) is 10.5. The van der Waals surface area contributed by atoms with Gasteiger partial charge in [-0.1, -0.05) is 34.1 Å². The van der Waals surface area contributed by atoms with E-state index in [9.17, 15) is 9.59 Å². The first-order valence-electron chi connectivity index (χ1n) is 7.62. The molecule has 0 aliphatic rings. The Morgan fingerprint density at radius 1 is 1.12 bits per heavy atom. The van der Waals surface area contributed by atoms with Crippen LogP contribution in [0.3, 0.4) is 0 Å². The SMILES string of the molecule is Cc1cc(C(=O)OCC(=O)Nc2ccc(Br)cc2)c2ccccc2n1. The van der Waals surface area contributed by atoms with Crippen LogP contribution in [0.5, 0.6) is 0 Å². The highest BCUT2D eigenvalue weighted by atomic mass is 79.9. The van der Waals surface area contributed by atoms with Gasteiger partial charge in [0, 0.05) is 21.2 Å². The van der Waals surface area contributed by atoms with Crippen molar-refractivity contribution in [2.75, 3.05) is 11.9 Å². The van der Waals surface area contributed by atoms with E-state index in [0.717, 1.165) is 4.47 Å². The number of aryl methyl sites for hydroxylation is 1. The summed E-state index contributed by atoms with van der Waals surface area (Å²) in [6, 6.07) is 16.1. The molecule has 0 aliphatic heterocycles. The monoisotopic (exact) mass is 398 g/mol. The molecule has 0 aliphatic carbocycles. The van der Waals surface area contributed by atoms with Crippen LogP contribution in [0.15, 0.2) is 59.1 Å². The zero-order valence-corrected chi connectivity index (χ0v) is 15.0. The molecule has 1 amide bonds. The summed E-state index contributed by atoms with van der Waals surface area (Å²) in [5, 5.41) is 3.38. The van der Waals surface area contributed by atoms with Crippen LogP contribution in [-0.4, -0.2) is 23.5 Å². The van der Waals surface area contributed by atoms with Crippen molar-refractivity contribution < 1.29 is 14.3 Å². The van der Waals surface area contributed by atoms with Gasteiger partial charge in [-0.15, -0.1) is 0 Å². The Kier molecular flexibility index (Phi) is 5.09. The van der Waals surface area contributed by atoms with Gasteiger partial charge in [-0.3, -0.25) is 9.78 Å². The molecule has 5 nitrogen and oxygen atoms in total. The molecular formula is C19H15BrN2O3. The Balaban J connectivity index is 1.68. The number of halogens is 1. The topological polar surface area (TPSA) is 68.3 Å². The minimum atomic E-state index is -0.548. The van der Waals surface area contributed by atoms with E-state index >= 15 is 0 Å². The molecule has 1 aromatic heterocycles. The summed E-state index contributed by atoms with van der Waals surface area (Å²) in [5.41, 5.74) is 2.47. The Bertz CT molecular complexity index is 939. The number of fused-ring (bicyclic) bond motifs is 1. The Labute approximate surface area is 153 Å². The van der Waals surface area contributed by atoms with Crippen molar-refractivity contribution in [2.24, 2.45) is 0 Å². The predicted octanol–water partition coefficient (Wildman–Crippen LogP) is 4.10. The van der Waals surface area contributed by atoms with Gasteiger partial charge in [-0.2, -0.15) is 0 Å². The number of amides is 1. The van der Waals surface area contributed by atoms with Crippen LogP contribution >= 0.6 is 15.9 Å². The Morgan fingerprint density at radius 3 is 2.60 bits per heavy atom. The molecular weight excluding hydrogens is 384 g/mol. The molecule has 0 radical (unpaired) electrons. The number of hydrogen-bond donors (Lipinski definition) is 1. The molecule has 6 heteroatoms. The molecule has 0 unspecified atom stereocenters. The number of hydrogen-bond acceptors (Lipinski definition) is 4. The van der Waals surface area contributed by atoms with Gasteiger partial charge < -0.3 is 10.1 Å². The van der Waals surface area contributed by atoms with Crippen LogP contribution in [0.25, 0.3) is 10.9 Å². The highest BCUT2D eigenvalue weighted by molar-refractivity contribution is 9.10. The second-order valence-corrected chi connectivity index (χ2v) is 6.38. The average Bonchev–Trinajstić information content (AvgIpc) is 2.61. The van der Waals surface area contributed by atoms with E-state index in [0.29, 0.717) is 27.8 Å². The van der Waals surface area contributed by atoms with E-state index in [1.807, 2.05) is 37.3 Å². The van der Waals surface area contributed by atoms with Crippen molar-refractivity contribution in [3.05, 3.63) is 70.3 Å². The quantitative estimate of drug-likeness (QED) is 0.671. The number of pyridine rings is 1. The number of para-hydroxylation sites is 1. The molecule has 3 rings (SSSR count). The van der Waals surface area contributed by atoms with E-state index in [-0.39, 0.29) is 6.61 Å². The number of anilines is 1. The molecule has 0 bridgehead atoms. The van der Waals surface area contributed by atoms with Gasteiger partial charge in [0.1, 0.15) is 0 Å². The van der Waals surface area contributed by atoms with E-state index < -0.39 is 11.9 Å². The molecule has 0 fully saturated rings. The van der Waals surface area contributed by atoms with Crippen LogP contribution in [0.2, 0.25) is 0 Å². The standard InChI is InChI=1S/C19H15BrN2O3/c1-12-10-16(15-4-2-3-5-17(15)21-12)19(24)25-11-18(23)22-14-8-6-13(20)7-9-14/h2-10H,11H2,1H3,(H,22,23). The van der Waals surface area contributed by atoms with E-state index in [1.54, 1.807) is 24.3 Å². The number of nitrogens with one attached hydrogen (secondary N) is 1. The number of nitrogens with zero attached hydrogens (tertiary/aromatic N) is 1. The Morgan fingerprint density at radius 2 is 1.84 bits per heavy atom. The molecule has 1 heterocycles. The lowest BCUT2D eigenvalue weighted by Crippen LogP contribution is -2.21. The minimum absolute atomic E-state index is 0.357. The first-order chi connectivity index (χ1) is 12.0. The molecule has 0 saturated heterocycles.